The summed E-state index contributed by atoms with van der Waals surface area (Å²) < 4.78 is 34.0. The SMILES string of the molecule is COc1ccc(Cl)cc1S(=O)(=O)NCCn1nc(-c2sc(C)nc2C)ccc1=O. The largest absolute Gasteiger partial charge is 0.495 e. The summed E-state index contributed by atoms with van der Waals surface area (Å²) in [5.41, 5.74) is 1.12. The number of sulfonamides is 1. The molecule has 0 amide bonds. The van der Waals surface area contributed by atoms with E-state index in [9.17, 15) is 13.2 Å². The summed E-state index contributed by atoms with van der Waals surface area (Å²) in [7, 11) is -2.51. The van der Waals surface area contributed by atoms with Crippen molar-refractivity contribution in [1.29, 1.82) is 0 Å². The summed E-state index contributed by atoms with van der Waals surface area (Å²) in [6.07, 6.45) is 0. The fraction of sp³-hybridized carbons (Fsp3) is 0.278. The molecule has 3 aromatic rings. The maximum atomic E-state index is 12.6. The standard InChI is InChI=1S/C18H19ClN4O4S2/c1-11-18(28-12(2)21-11)14-5-7-17(24)23(22-14)9-8-20-29(25,26)16-10-13(19)4-6-15(16)27-3/h4-7,10,20H,8-9H2,1-3H3. The van der Waals surface area contributed by atoms with Crippen LogP contribution in [0.3, 0.4) is 0 Å². The molecule has 1 aromatic carbocycles. The van der Waals surface area contributed by atoms with Crippen molar-refractivity contribution in [2.75, 3.05) is 13.7 Å². The molecule has 0 atom stereocenters. The van der Waals surface area contributed by atoms with Crippen molar-refractivity contribution in [3.8, 4) is 16.3 Å². The van der Waals surface area contributed by atoms with Crippen LogP contribution in [-0.4, -0.2) is 36.8 Å². The van der Waals surface area contributed by atoms with Crippen LogP contribution < -0.4 is 15.0 Å². The molecule has 0 bridgehead atoms. The lowest BCUT2D eigenvalue weighted by molar-refractivity contribution is 0.402. The van der Waals surface area contributed by atoms with Crippen LogP contribution in [0.25, 0.3) is 10.6 Å². The number of ether oxygens (including phenoxy) is 1. The highest BCUT2D eigenvalue weighted by molar-refractivity contribution is 7.89. The number of benzene rings is 1. The van der Waals surface area contributed by atoms with Gasteiger partial charge in [0.1, 0.15) is 16.3 Å². The molecule has 3 rings (SSSR count). The van der Waals surface area contributed by atoms with Gasteiger partial charge in [-0.2, -0.15) is 5.10 Å². The third-order valence-corrected chi connectivity index (χ3v) is 6.85. The van der Waals surface area contributed by atoms with Gasteiger partial charge in [-0.3, -0.25) is 4.79 Å². The van der Waals surface area contributed by atoms with E-state index in [4.69, 9.17) is 16.3 Å². The predicted octanol–water partition coefficient (Wildman–Crippen LogP) is 2.62. The van der Waals surface area contributed by atoms with E-state index in [0.717, 1.165) is 15.6 Å². The first-order valence-electron chi connectivity index (χ1n) is 8.57. The zero-order valence-electron chi connectivity index (χ0n) is 16.0. The molecule has 0 aliphatic heterocycles. The van der Waals surface area contributed by atoms with E-state index in [-0.39, 0.29) is 34.3 Å². The van der Waals surface area contributed by atoms with Crippen LogP contribution in [0.2, 0.25) is 5.02 Å². The van der Waals surface area contributed by atoms with Gasteiger partial charge in [0.25, 0.3) is 5.56 Å². The molecule has 0 saturated carbocycles. The monoisotopic (exact) mass is 454 g/mol. The maximum Gasteiger partial charge on any atom is 0.266 e. The van der Waals surface area contributed by atoms with Crippen LogP contribution in [0.1, 0.15) is 10.7 Å². The first-order chi connectivity index (χ1) is 13.7. The molecule has 2 heterocycles. The minimum absolute atomic E-state index is 0.0327. The van der Waals surface area contributed by atoms with E-state index in [1.165, 1.54) is 47.4 Å². The zero-order valence-corrected chi connectivity index (χ0v) is 18.4. The van der Waals surface area contributed by atoms with E-state index < -0.39 is 10.0 Å². The first kappa shape index (κ1) is 21.4. The smallest absolute Gasteiger partial charge is 0.266 e. The number of thiazole rings is 1. The van der Waals surface area contributed by atoms with Gasteiger partial charge in [0.05, 0.1) is 29.2 Å². The number of nitrogens with one attached hydrogen (secondary N) is 1. The summed E-state index contributed by atoms with van der Waals surface area (Å²) >= 11 is 7.40. The zero-order chi connectivity index (χ0) is 21.2. The van der Waals surface area contributed by atoms with Crippen molar-refractivity contribution in [1.82, 2.24) is 19.5 Å². The number of halogens is 1. The van der Waals surface area contributed by atoms with Gasteiger partial charge in [0, 0.05) is 17.6 Å². The minimum Gasteiger partial charge on any atom is -0.495 e. The van der Waals surface area contributed by atoms with Crippen LogP contribution in [-0.2, 0) is 16.6 Å². The molecule has 0 radical (unpaired) electrons. The van der Waals surface area contributed by atoms with Gasteiger partial charge >= 0.3 is 0 Å². The number of rotatable bonds is 7. The van der Waals surface area contributed by atoms with E-state index in [2.05, 4.69) is 14.8 Å². The molecule has 0 aliphatic rings. The average molecular weight is 455 g/mol. The van der Waals surface area contributed by atoms with Crippen LogP contribution >= 0.6 is 22.9 Å². The van der Waals surface area contributed by atoms with Gasteiger partial charge in [-0.1, -0.05) is 11.6 Å². The summed E-state index contributed by atoms with van der Waals surface area (Å²) in [6, 6.07) is 7.37. The number of hydrogen-bond acceptors (Lipinski definition) is 7. The van der Waals surface area contributed by atoms with Crippen molar-refractivity contribution in [3.05, 3.63) is 56.4 Å². The number of methoxy groups -OCH3 is 1. The van der Waals surface area contributed by atoms with Crippen LogP contribution in [0, 0.1) is 13.8 Å². The molecule has 0 unspecified atom stereocenters. The highest BCUT2D eigenvalue weighted by Crippen LogP contribution is 2.28. The van der Waals surface area contributed by atoms with Crippen molar-refractivity contribution in [2.45, 2.75) is 25.3 Å². The third-order valence-electron chi connectivity index (χ3n) is 4.03. The Morgan fingerprint density at radius 2 is 2.00 bits per heavy atom. The highest BCUT2D eigenvalue weighted by atomic mass is 35.5. The molecule has 8 nitrogen and oxygen atoms in total. The van der Waals surface area contributed by atoms with Crippen molar-refractivity contribution >= 4 is 33.0 Å². The van der Waals surface area contributed by atoms with Crippen molar-refractivity contribution in [2.24, 2.45) is 0 Å². The number of aromatic nitrogens is 3. The molecule has 0 aliphatic carbocycles. The second kappa shape index (κ2) is 8.62. The average Bonchev–Trinajstić information content (AvgIpc) is 3.01. The lowest BCUT2D eigenvalue weighted by atomic mass is 10.3. The Hall–Kier alpha value is -2.27. The number of nitrogens with zero attached hydrogens (tertiary/aromatic N) is 3. The Labute approximate surface area is 177 Å². The van der Waals surface area contributed by atoms with Crippen LogP contribution in [0.5, 0.6) is 5.75 Å². The molecular weight excluding hydrogens is 436 g/mol. The lowest BCUT2D eigenvalue weighted by Crippen LogP contribution is -2.32. The van der Waals surface area contributed by atoms with E-state index in [0.29, 0.717) is 5.69 Å². The Morgan fingerprint density at radius 1 is 1.24 bits per heavy atom. The van der Waals surface area contributed by atoms with Gasteiger partial charge in [-0.05, 0) is 38.1 Å². The number of hydrogen-bond donors (Lipinski definition) is 1. The van der Waals surface area contributed by atoms with Gasteiger partial charge in [-0.25, -0.2) is 22.8 Å². The third kappa shape index (κ3) is 4.84. The van der Waals surface area contributed by atoms with E-state index >= 15 is 0 Å². The molecular formula is C18H19ClN4O4S2. The van der Waals surface area contributed by atoms with Crippen molar-refractivity contribution in [3.63, 3.8) is 0 Å². The Kier molecular flexibility index (Phi) is 6.37. The molecule has 0 spiro atoms. The molecule has 154 valence electrons. The summed E-state index contributed by atoms with van der Waals surface area (Å²) in [6.45, 7) is 3.80. The highest BCUT2D eigenvalue weighted by Gasteiger charge is 2.20. The van der Waals surface area contributed by atoms with Gasteiger partial charge in [0.15, 0.2) is 0 Å². The molecule has 0 saturated heterocycles. The summed E-state index contributed by atoms with van der Waals surface area (Å²) in [5, 5.41) is 5.52. The van der Waals surface area contributed by atoms with E-state index in [1.54, 1.807) is 6.07 Å². The fourth-order valence-electron chi connectivity index (χ4n) is 2.72. The Bertz CT molecular complexity index is 1200. The first-order valence-corrected chi connectivity index (χ1v) is 11.2. The Balaban J connectivity index is 1.78. The minimum atomic E-state index is -3.88. The van der Waals surface area contributed by atoms with Gasteiger partial charge < -0.3 is 4.74 Å². The molecule has 29 heavy (non-hydrogen) atoms. The van der Waals surface area contributed by atoms with E-state index in [1.807, 2.05) is 13.8 Å². The lowest BCUT2D eigenvalue weighted by Gasteiger charge is -2.12. The van der Waals surface area contributed by atoms with Crippen molar-refractivity contribution < 1.29 is 13.2 Å². The summed E-state index contributed by atoms with van der Waals surface area (Å²) in [5.74, 6) is 0.176. The molecule has 11 heteroatoms. The maximum absolute atomic E-state index is 12.6. The quantitative estimate of drug-likeness (QED) is 0.588. The molecule has 0 fully saturated rings. The topological polar surface area (TPSA) is 103 Å². The molecule has 1 N–H and O–H groups in total. The fourth-order valence-corrected chi connectivity index (χ4v) is 5.06. The second-order valence-corrected chi connectivity index (χ2v) is 9.50. The predicted molar refractivity (Wildman–Crippen MR) is 112 cm³/mol. The summed E-state index contributed by atoms with van der Waals surface area (Å²) in [4.78, 5) is 17.3. The Morgan fingerprint density at radius 3 is 2.66 bits per heavy atom. The second-order valence-electron chi connectivity index (χ2n) is 6.12. The van der Waals surface area contributed by atoms with Crippen LogP contribution in [0.4, 0.5) is 0 Å². The van der Waals surface area contributed by atoms with Gasteiger partial charge in [-0.15, -0.1) is 11.3 Å². The molecule has 2 aromatic heterocycles. The normalized spacial score (nSPS) is 11.6. The van der Waals surface area contributed by atoms with Crippen LogP contribution in [0.15, 0.2) is 40.0 Å². The number of aryl methyl sites for hydroxylation is 2. The van der Waals surface area contributed by atoms with Gasteiger partial charge in [0.2, 0.25) is 10.0 Å².